The summed E-state index contributed by atoms with van der Waals surface area (Å²) in [7, 11) is 0. The Balaban J connectivity index is 1.42. The maximum Gasteiger partial charge on any atom is 0.336 e. The molecule has 0 bridgehead atoms. The van der Waals surface area contributed by atoms with Gasteiger partial charge in [0, 0.05) is 54.2 Å². The largest absolute Gasteiger partial charge is 0.478 e. The molecule has 0 saturated carbocycles. The number of halogens is 1. The number of benzene rings is 3. The number of H-pyrrole nitrogens is 1. The fourth-order valence-corrected chi connectivity index (χ4v) is 5.19. The predicted octanol–water partition coefficient (Wildman–Crippen LogP) is 6.45. The summed E-state index contributed by atoms with van der Waals surface area (Å²) in [5.41, 5.74) is 3.67. The van der Waals surface area contributed by atoms with Crippen LogP contribution >= 0.6 is 0 Å². The number of aromatic nitrogens is 2. The first-order valence-electron chi connectivity index (χ1n) is 12.4. The summed E-state index contributed by atoms with van der Waals surface area (Å²) in [6.45, 7) is 2.24. The van der Waals surface area contributed by atoms with Gasteiger partial charge >= 0.3 is 5.97 Å². The van der Waals surface area contributed by atoms with Crippen LogP contribution in [0.3, 0.4) is 0 Å². The lowest BCUT2D eigenvalue weighted by Crippen LogP contribution is -2.20. The van der Waals surface area contributed by atoms with Crippen molar-refractivity contribution in [2.24, 2.45) is 5.92 Å². The molecule has 6 rings (SSSR count). The number of aromatic amines is 1. The minimum Gasteiger partial charge on any atom is -0.478 e. The Morgan fingerprint density at radius 1 is 1.03 bits per heavy atom. The van der Waals surface area contributed by atoms with E-state index in [2.05, 4.69) is 16.8 Å². The summed E-state index contributed by atoms with van der Waals surface area (Å²) >= 11 is 0. The predicted molar refractivity (Wildman–Crippen MR) is 142 cm³/mol. The van der Waals surface area contributed by atoms with E-state index >= 15 is 4.39 Å². The minimum absolute atomic E-state index is 0.152. The third-order valence-corrected chi connectivity index (χ3v) is 7.13. The van der Waals surface area contributed by atoms with Crippen LogP contribution in [0.1, 0.15) is 34.3 Å². The molecular formula is C31H25FN2O3. The van der Waals surface area contributed by atoms with Crippen molar-refractivity contribution < 1.29 is 19.0 Å². The van der Waals surface area contributed by atoms with Crippen molar-refractivity contribution in [3.63, 3.8) is 0 Å². The smallest absolute Gasteiger partial charge is 0.336 e. The van der Waals surface area contributed by atoms with Crippen LogP contribution in [0, 0.1) is 23.6 Å². The van der Waals surface area contributed by atoms with Gasteiger partial charge in [-0.05, 0) is 66.1 Å². The first-order valence-corrected chi connectivity index (χ1v) is 12.4. The van der Waals surface area contributed by atoms with Crippen LogP contribution in [-0.2, 0) is 11.3 Å². The molecule has 0 spiro atoms. The number of hydrogen-bond acceptors (Lipinski definition) is 2. The molecule has 0 aliphatic carbocycles. The second-order valence-corrected chi connectivity index (χ2v) is 9.45. The monoisotopic (exact) mass is 492 g/mol. The van der Waals surface area contributed by atoms with Crippen LogP contribution in [0.4, 0.5) is 4.39 Å². The molecular weight excluding hydrogens is 467 g/mol. The lowest BCUT2D eigenvalue weighted by Gasteiger charge is -2.23. The summed E-state index contributed by atoms with van der Waals surface area (Å²) < 4.78 is 23.2. The Morgan fingerprint density at radius 3 is 2.68 bits per heavy atom. The van der Waals surface area contributed by atoms with Crippen LogP contribution in [0.5, 0.6) is 0 Å². The second kappa shape index (κ2) is 9.61. The molecule has 37 heavy (non-hydrogen) atoms. The van der Waals surface area contributed by atoms with Crippen molar-refractivity contribution in [1.82, 2.24) is 9.55 Å². The number of rotatable bonds is 4. The molecule has 5 aromatic rings. The normalized spacial score (nSPS) is 14.1. The molecule has 184 valence electrons. The topological polar surface area (TPSA) is 67.2 Å². The molecule has 0 radical (unpaired) electrons. The number of ether oxygens (including phenoxy) is 1. The van der Waals surface area contributed by atoms with Gasteiger partial charge in [0.25, 0.3) is 0 Å². The molecule has 1 saturated heterocycles. The molecule has 2 aromatic heterocycles. The average molecular weight is 493 g/mol. The van der Waals surface area contributed by atoms with E-state index in [1.54, 1.807) is 24.3 Å². The lowest BCUT2D eigenvalue weighted by molar-refractivity contribution is 0.0616. The Hall–Kier alpha value is -4.34. The highest BCUT2D eigenvalue weighted by molar-refractivity contribution is 5.99. The van der Waals surface area contributed by atoms with Gasteiger partial charge in [0.15, 0.2) is 5.82 Å². The van der Waals surface area contributed by atoms with Gasteiger partial charge in [-0.25, -0.2) is 9.18 Å². The maximum absolute atomic E-state index is 15.7. The minimum atomic E-state index is -1.04. The number of fused-ring (bicyclic) bond motifs is 2. The molecule has 3 aromatic carbocycles. The van der Waals surface area contributed by atoms with Crippen molar-refractivity contribution in [1.29, 1.82) is 0 Å². The molecule has 6 heteroatoms. The second-order valence-electron chi connectivity index (χ2n) is 9.45. The van der Waals surface area contributed by atoms with Crippen molar-refractivity contribution in [3.8, 4) is 23.0 Å². The molecule has 3 heterocycles. The lowest BCUT2D eigenvalue weighted by atomic mass is 9.93. The summed E-state index contributed by atoms with van der Waals surface area (Å²) in [4.78, 5) is 15.3. The summed E-state index contributed by atoms with van der Waals surface area (Å²) in [5, 5.41) is 11.8. The summed E-state index contributed by atoms with van der Waals surface area (Å²) in [6, 6.07) is 18.2. The number of carbonyl (C=O) groups is 1. The Morgan fingerprint density at radius 2 is 1.84 bits per heavy atom. The Labute approximate surface area is 213 Å². The van der Waals surface area contributed by atoms with Crippen LogP contribution in [0.2, 0.25) is 0 Å². The SMILES string of the molecule is O=C(O)c1cccc(C#Cc2ccc3ccn(CC4CCOCC4)c3c2F)c1-c1ccc2cc[nH]c2c1. The Kier molecular flexibility index (Phi) is 5.99. The highest BCUT2D eigenvalue weighted by atomic mass is 19.1. The van der Waals surface area contributed by atoms with E-state index in [4.69, 9.17) is 4.74 Å². The number of nitrogens with zero attached hydrogens (tertiary/aromatic N) is 1. The van der Waals surface area contributed by atoms with E-state index in [0.29, 0.717) is 22.6 Å². The van der Waals surface area contributed by atoms with Crippen molar-refractivity contribution in [3.05, 3.63) is 95.6 Å². The van der Waals surface area contributed by atoms with E-state index in [9.17, 15) is 9.90 Å². The molecule has 1 aliphatic heterocycles. The molecule has 0 atom stereocenters. The van der Waals surface area contributed by atoms with Crippen LogP contribution in [0.15, 0.2) is 73.1 Å². The zero-order chi connectivity index (χ0) is 25.4. The third-order valence-electron chi connectivity index (χ3n) is 7.13. The maximum atomic E-state index is 15.7. The van der Waals surface area contributed by atoms with Gasteiger partial charge < -0.3 is 19.4 Å². The first-order chi connectivity index (χ1) is 18.1. The first kappa shape index (κ1) is 23.1. The standard InChI is InChI=1S/C31H25FN2O3/c32-29-23(7-8-24-11-15-34(30(24)29)19-20-12-16-37-17-13-20)6-5-22-2-1-3-26(31(35)36)28(22)25-9-4-21-10-14-33-27(21)18-25/h1-4,7-11,14-15,18,20,33H,12-13,16-17,19H2,(H,35,36). The van der Waals surface area contributed by atoms with Gasteiger partial charge in [0.1, 0.15) is 0 Å². The fraction of sp³-hybridized carbons (Fsp3) is 0.194. The molecule has 1 aliphatic rings. The van der Waals surface area contributed by atoms with Crippen molar-refractivity contribution >= 4 is 27.8 Å². The molecule has 5 nitrogen and oxygen atoms in total. The molecule has 0 amide bonds. The third kappa shape index (κ3) is 4.39. The number of hydrogen-bond donors (Lipinski definition) is 2. The molecule has 1 fully saturated rings. The van der Waals surface area contributed by atoms with Gasteiger partial charge in [-0.1, -0.05) is 36.1 Å². The number of carboxylic acids is 1. The van der Waals surface area contributed by atoms with E-state index in [1.165, 1.54) is 0 Å². The quantitative estimate of drug-likeness (QED) is 0.283. The highest BCUT2D eigenvalue weighted by Crippen LogP contribution is 2.31. The van der Waals surface area contributed by atoms with Crippen LogP contribution in [-0.4, -0.2) is 33.8 Å². The summed E-state index contributed by atoms with van der Waals surface area (Å²) in [5.74, 6) is 5.13. The Bertz CT molecular complexity index is 1700. The fourth-order valence-electron chi connectivity index (χ4n) is 5.19. The number of aromatic carboxylic acids is 1. The zero-order valence-corrected chi connectivity index (χ0v) is 20.1. The van der Waals surface area contributed by atoms with Gasteiger partial charge in [-0.15, -0.1) is 0 Å². The van der Waals surface area contributed by atoms with E-state index in [0.717, 1.165) is 54.5 Å². The molecule has 2 N–H and O–H groups in total. The van der Waals surface area contributed by atoms with Gasteiger partial charge in [0.05, 0.1) is 16.6 Å². The van der Waals surface area contributed by atoms with Gasteiger partial charge in [-0.2, -0.15) is 0 Å². The van der Waals surface area contributed by atoms with Crippen LogP contribution < -0.4 is 0 Å². The average Bonchev–Trinajstić information content (AvgIpc) is 3.55. The van der Waals surface area contributed by atoms with Gasteiger partial charge in [0.2, 0.25) is 0 Å². The van der Waals surface area contributed by atoms with E-state index < -0.39 is 5.97 Å². The number of carboxylic acid groups (broad SMARTS) is 1. The number of nitrogens with one attached hydrogen (secondary N) is 1. The van der Waals surface area contributed by atoms with Gasteiger partial charge in [-0.3, -0.25) is 0 Å². The van der Waals surface area contributed by atoms with Crippen molar-refractivity contribution in [2.75, 3.05) is 13.2 Å². The van der Waals surface area contributed by atoms with E-state index in [-0.39, 0.29) is 16.9 Å². The molecule has 0 unspecified atom stereocenters. The summed E-state index contributed by atoms with van der Waals surface area (Å²) in [6.07, 6.45) is 5.72. The highest BCUT2D eigenvalue weighted by Gasteiger charge is 2.18. The van der Waals surface area contributed by atoms with Crippen molar-refractivity contribution in [2.45, 2.75) is 19.4 Å². The zero-order valence-electron chi connectivity index (χ0n) is 20.1. The van der Waals surface area contributed by atoms with E-state index in [1.807, 2.05) is 53.4 Å². The van der Waals surface area contributed by atoms with Crippen LogP contribution in [0.25, 0.3) is 32.9 Å².